The first kappa shape index (κ1) is 17.9. The van der Waals surface area contributed by atoms with Crippen LogP contribution in [0.25, 0.3) is 0 Å². The number of carbonyl (C=O) groups excluding carboxylic acids is 2. The number of pyridine rings is 1. The van der Waals surface area contributed by atoms with Crippen LogP contribution in [-0.4, -0.2) is 53.0 Å². The summed E-state index contributed by atoms with van der Waals surface area (Å²) in [5, 5.41) is 11.7. The zero-order valence-electron chi connectivity index (χ0n) is 14.5. The van der Waals surface area contributed by atoms with E-state index in [-0.39, 0.29) is 30.2 Å². The second kappa shape index (κ2) is 7.97. The lowest BCUT2D eigenvalue weighted by Crippen LogP contribution is -2.31. The Kier molecular flexibility index (Phi) is 5.48. The first-order valence-electron chi connectivity index (χ1n) is 8.44. The van der Waals surface area contributed by atoms with E-state index >= 15 is 0 Å². The second-order valence-corrected chi connectivity index (χ2v) is 6.09. The zero-order valence-corrected chi connectivity index (χ0v) is 14.5. The third-order valence-corrected chi connectivity index (χ3v) is 4.28. The molecule has 7 nitrogen and oxygen atoms in total. The number of carbonyl (C=O) groups is 2. The van der Waals surface area contributed by atoms with E-state index in [4.69, 9.17) is 4.74 Å². The lowest BCUT2D eigenvalue weighted by atomic mass is 10.1. The van der Waals surface area contributed by atoms with Crippen molar-refractivity contribution in [3.8, 4) is 5.75 Å². The van der Waals surface area contributed by atoms with Gasteiger partial charge in [-0.05, 0) is 23.8 Å². The van der Waals surface area contributed by atoms with Gasteiger partial charge in [0.2, 0.25) is 0 Å². The molecular weight excluding hydrogens is 334 g/mol. The molecule has 3 rings (SSSR count). The number of nitrogens with one attached hydrogen (secondary N) is 1. The van der Waals surface area contributed by atoms with Gasteiger partial charge in [0.25, 0.3) is 11.8 Å². The monoisotopic (exact) mass is 355 g/mol. The number of aromatic nitrogens is 1. The minimum Gasteiger partial charge on any atom is -0.488 e. The van der Waals surface area contributed by atoms with Gasteiger partial charge in [-0.25, -0.2) is 0 Å². The van der Waals surface area contributed by atoms with Gasteiger partial charge in [-0.2, -0.15) is 0 Å². The quantitative estimate of drug-likeness (QED) is 0.842. The Morgan fingerprint density at radius 3 is 2.96 bits per heavy atom. The number of likely N-dealkylation sites (tertiary alicyclic amines) is 1. The van der Waals surface area contributed by atoms with Crippen molar-refractivity contribution in [1.29, 1.82) is 0 Å². The molecule has 1 aliphatic rings. The summed E-state index contributed by atoms with van der Waals surface area (Å²) in [6.45, 7) is 0.975. The fourth-order valence-corrected chi connectivity index (χ4v) is 2.92. The molecule has 0 saturated carbocycles. The van der Waals surface area contributed by atoms with Gasteiger partial charge in [-0.3, -0.25) is 14.6 Å². The van der Waals surface area contributed by atoms with E-state index in [1.165, 1.54) is 6.20 Å². The molecule has 2 aromatic rings. The fraction of sp³-hybridized carbons (Fsp3) is 0.316. The molecule has 0 aliphatic carbocycles. The summed E-state index contributed by atoms with van der Waals surface area (Å²) in [6, 6.07) is 10.3. The highest BCUT2D eigenvalue weighted by molar-refractivity contribution is 5.94. The van der Waals surface area contributed by atoms with E-state index in [9.17, 15) is 14.7 Å². The number of hydrogen-bond donors (Lipinski definition) is 2. The number of hydrogen-bond acceptors (Lipinski definition) is 5. The van der Waals surface area contributed by atoms with Crippen LogP contribution >= 0.6 is 0 Å². The number of aliphatic hydroxyl groups is 1. The van der Waals surface area contributed by atoms with E-state index in [2.05, 4.69) is 10.3 Å². The average Bonchev–Trinajstić information content (AvgIpc) is 3.15. The first-order valence-corrected chi connectivity index (χ1v) is 8.44. The van der Waals surface area contributed by atoms with E-state index in [0.717, 1.165) is 0 Å². The molecule has 1 fully saturated rings. The molecule has 2 N–H and O–H groups in total. The summed E-state index contributed by atoms with van der Waals surface area (Å²) in [6.07, 6.45) is 2.10. The lowest BCUT2D eigenvalue weighted by Gasteiger charge is -2.18. The largest absolute Gasteiger partial charge is 0.488 e. The number of rotatable bonds is 5. The van der Waals surface area contributed by atoms with Crippen LogP contribution in [-0.2, 0) is 6.61 Å². The highest BCUT2D eigenvalue weighted by Crippen LogP contribution is 2.20. The molecule has 2 amide bonds. The van der Waals surface area contributed by atoms with Crippen LogP contribution in [0.2, 0.25) is 0 Å². The summed E-state index contributed by atoms with van der Waals surface area (Å²) in [5.74, 6) is 0.204. The van der Waals surface area contributed by atoms with Gasteiger partial charge in [0.05, 0.1) is 13.2 Å². The minimum atomic E-state index is -0.276. The molecular formula is C19H21N3O4. The number of benzene rings is 1. The zero-order chi connectivity index (χ0) is 18.5. The smallest absolute Gasteiger partial charge is 0.269 e. The Morgan fingerprint density at radius 1 is 1.35 bits per heavy atom. The van der Waals surface area contributed by atoms with Gasteiger partial charge in [-0.15, -0.1) is 0 Å². The van der Waals surface area contributed by atoms with Crippen molar-refractivity contribution < 1.29 is 19.4 Å². The number of nitrogens with zero attached hydrogens (tertiary/aromatic N) is 2. The molecule has 0 radical (unpaired) electrons. The normalized spacial score (nSPS) is 16.4. The highest BCUT2D eigenvalue weighted by atomic mass is 16.5. The van der Waals surface area contributed by atoms with Crippen LogP contribution in [0.1, 0.15) is 32.8 Å². The highest BCUT2D eigenvalue weighted by Gasteiger charge is 2.28. The standard InChI is InChI=1S/C19H21N3O4/c1-20-18(24)17-10-15(5-7-21-17)26-16-6-8-22(11-16)19(25)14-4-2-3-13(9-14)12-23/h2-5,7,9-10,16,23H,6,8,11-12H2,1H3,(H,20,24). The lowest BCUT2D eigenvalue weighted by molar-refractivity contribution is 0.0772. The van der Waals surface area contributed by atoms with Crippen molar-refractivity contribution in [2.24, 2.45) is 0 Å². The molecule has 7 heteroatoms. The minimum absolute atomic E-state index is 0.0767. The third kappa shape index (κ3) is 4.00. The topological polar surface area (TPSA) is 91.8 Å². The molecule has 1 aliphatic heterocycles. The summed E-state index contributed by atoms with van der Waals surface area (Å²) < 4.78 is 5.92. The maximum absolute atomic E-state index is 12.6. The van der Waals surface area contributed by atoms with Gasteiger partial charge in [-0.1, -0.05) is 12.1 Å². The van der Waals surface area contributed by atoms with E-state index < -0.39 is 0 Å². The Morgan fingerprint density at radius 2 is 2.19 bits per heavy atom. The Balaban J connectivity index is 1.63. The average molecular weight is 355 g/mol. The van der Waals surface area contributed by atoms with Crippen LogP contribution in [0, 0.1) is 0 Å². The summed E-state index contributed by atoms with van der Waals surface area (Å²) in [4.78, 5) is 30.0. The molecule has 136 valence electrons. The summed E-state index contributed by atoms with van der Waals surface area (Å²) in [5.41, 5.74) is 1.56. The Labute approximate surface area is 151 Å². The molecule has 1 aromatic heterocycles. The second-order valence-electron chi connectivity index (χ2n) is 6.09. The molecule has 26 heavy (non-hydrogen) atoms. The number of ether oxygens (including phenoxy) is 1. The Bertz CT molecular complexity index is 809. The summed E-state index contributed by atoms with van der Waals surface area (Å²) >= 11 is 0. The van der Waals surface area contributed by atoms with Gasteiger partial charge in [0.1, 0.15) is 17.5 Å². The molecule has 2 heterocycles. The van der Waals surface area contributed by atoms with Crippen molar-refractivity contribution in [1.82, 2.24) is 15.2 Å². The third-order valence-electron chi connectivity index (χ3n) is 4.28. The molecule has 0 spiro atoms. The van der Waals surface area contributed by atoms with Crippen LogP contribution in [0.15, 0.2) is 42.6 Å². The molecule has 1 aromatic carbocycles. The van der Waals surface area contributed by atoms with Crippen LogP contribution in [0.3, 0.4) is 0 Å². The van der Waals surface area contributed by atoms with Crippen LogP contribution in [0.5, 0.6) is 5.75 Å². The van der Waals surface area contributed by atoms with Crippen molar-refractivity contribution in [2.75, 3.05) is 20.1 Å². The molecule has 0 bridgehead atoms. The predicted octanol–water partition coefficient (Wildman–Crippen LogP) is 1.23. The molecule has 1 atom stereocenters. The van der Waals surface area contributed by atoms with Crippen molar-refractivity contribution in [2.45, 2.75) is 19.1 Å². The van der Waals surface area contributed by atoms with Crippen LogP contribution < -0.4 is 10.1 Å². The van der Waals surface area contributed by atoms with Gasteiger partial charge < -0.3 is 20.1 Å². The Hall–Kier alpha value is -2.93. The maximum atomic E-state index is 12.6. The first-order chi connectivity index (χ1) is 12.6. The van der Waals surface area contributed by atoms with Gasteiger partial charge in [0.15, 0.2) is 0 Å². The van der Waals surface area contributed by atoms with Crippen molar-refractivity contribution in [3.63, 3.8) is 0 Å². The predicted molar refractivity (Wildman–Crippen MR) is 94.9 cm³/mol. The number of aliphatic hydroxyl groups excluding tert-OH is 1. The van der Waals surface area contributed by atoms with Crippen molar-refractivity contribution >= 4 is 11.8 Å². The van der Waals surface area contributed by atoms with Gasteiger partial charge in [0, 0.05) is 37.8 Å². The fourth-order valence-electron chi connectivity index (χ4n) is 2.92. The molecule has 1 unspecified atom stereocenters. The van der Waals surface area contributed by atoms with Crippen LogP contribution in [0.4, 0.5) is 0 Å². The number of amides is 2. The van der Waals surface area contributed by atoms with E-state index in [1.54, 1.807) is 48.3 Å². The SMILES string of the molecule is CNC(=O)c1cc(OC2CCN(C(=O)c3cccc(CO)c3)C2)ccn1. The van der Waals surface area contributed by atoms with E-state index in [1.807, 2.05) is 0 Å². The van der Waals surface area contributed by atoms with Crippen molar-refractivity contribution in [3.05, 3.63) is 59.4 Å². The summed E-state index contributed by atoms with van der Waals surface area (Å²) in [7, 11) is 1.55. The van der Waals surface area contributed by atoms with Gasteiger partial charge >= 0.3 is 0 Å². The molecule has 1 saturated heterocycles. The van der Waals surface area contributed by atoms with E-state index in [0.29, 0.717) is 36.4 Å². The maximum Gasteiger partial charge on any atom is 0.269 e.